The van der Waals surface area contributed by atoms with Gasteiger partial charge in [0, 0.05) is 3.57 Å². The van der Waals surface area contributed by atoms with Gasteiger partial charge >= 0.3 is 0 Å². The van der Waals surface area contributed by atoms with Crippen LogP contribution in [0.15, 0.2) is 42.5 Å². The number of benzene rings is 2. The van der Waals surface area contributed by atoms with Crippen LogP contribution < -0.4 is 16.2 Å². The maximum absolute atomic E-state index is 11.3. The number of hydrogen-bond acceptors (Lipinski definition) is 3. The lowest BCUT2D eigenvalue weighted by Gasteiger charge is -2.12. The van der Waals surface area contributed by atoms with Gasteiger partial charge in [0.2, 0.25) is 0 Å². The minimum Gasteiger partial charge on any atom is -0.486 e. The van der Waals surface area contributed by atoms with E-state index in [1.165, 1.54) is 0 Å². The zero-order valence-electron chi connectivity index (χ0n) is 10.1. The van der Waals surface area contributed by atoms with Crippen LogP contribution in [0.2, 0.25) is 0 Å². The van der Waals surface area contributed by atoms with Crippen molar-refractivity contribution in [2.45, 2.75) is 6.61 Å². The lowest BCUT2D eigenvalue weighted by Crippen LogP contribution is -2.14. The lowest BCUT2D eigenvalue weighted by atomic mass is 10.1. The van der Waals surface area contributed by atoms with Crippen LogP contribution in [0.4, 0.5) is 5.69 Å². The second kappa shape index (κ2) is 5.92. The number of carbonyl (C=O) groups is 1. The highest BCUT2D eigenvalue weighted by Gasteiger charge is 2.12. The fourth-order valence-corrected chi connectivity index (χ4v) is 2.01. The van der Waals surface area contributed by atoms with E-state index in [0.717, 1.165) is 9.13 Å². The van der Waals surface area contributed by atoms with Crippen LogP contribution in [0.1, 0.15) is 15.9 Å². The third-order valence-electron chi connectivity index (χ3n) is 2.61. The largest absolute Gasteiger partial charge is 0.486 e. The first kappa shape index (κ1) is 13.7. The summed E-state index contributed by atoms with van der Waals surface area (Å²) in [5.41, 5.74) is 12.8. The first-order valence-corrected chi connectivity index (χ1v) is 6.71. The third-order valence-corrected chi connectivity index (χ3v) is 3.33. The molecule has 98 valence electrons. The maximum Gasteiger partial charge on any atom is 0.252 e. The fraction of sp³-hybridized carbons (Fsp3) is 0.0714. The Morgan fingerprint density at radius 2 is 1.84 bits per heavy atom. The summed E-state index contributed by atoms with van der Waals surface area (Å²) in [7, 11) is 0. The smallest absolute Gasteiger partial charge is 0.252 e. The predicted molar refractivity (Wildman–Crippen MR) is 82.9 cm³/mol. The summed E-state index contributed by atoms with van der Waals surface area (Å²) < 4.78 is 6.78. The summed E-state index contributed by atoms with van der Waals surface area (Å²) in [5.74, 6) is -0.210. The Morgan fingerprint density at radius 1 is 1.16 bits per heavy atom. The molecule has 1 amide bonds. The third kappa shape index (κ3) is 3.37. The Labute approximate surface area is 124 Å². The van der Waals surface area contributed by atoms with Crippen molar-refractivity contribution in [3.05, 3.63) is 57.2 Å². The number of nitrogen functional groups attached to an aromatic ring is 1. The van der Waals surface area contributed by atoms with Crippen molar-refractivity contribution in [3.63, 3.8) is 0 Å². The molecule has 0 aliphatic carbocycles. The Morgan fingerprint density at radius 3 is 2.47 bits per heavy atom. The molecule has 2 rings (SSSR count). The van der Waals surface area contributed by atoms with E-state index in [0.29, 0.717) is 23.6 Å². The minimum atomic E-state index is -0.551. The van der Waals surface area contributed by atoms with Crippen molar-refractivity contribution < 1.29 is 9.53 Å². The predicted octanol–water partition coefficient (Wildman–Crippen LogP) is 2.55. The number of primary amides is 1. The van der Waals surface area contributed by atoms with Gasteiger partial charge in [-0.1, -0.05) is 18.2 Å². The molecular formula is C14H13IN2O2. The molecule has 2 aromatic rings. The monoisotopic (exact) mass is 368 g/mol. The number of ether oxygens (including phenoxy) is 1. The summed E-state index contributed by atoms with van der Waals surface area (Å²) in [5, 5.41) is 0. The van der Waals surface area contributed by atoms with Crippen LogP contribution >= 0.6 is 22.6 Å². The van der Waals surface area contributed by atoms with Gasteiger partial charge in [0.1, 0.15) is 6.61 Å². The first-order valence-electron chi connectivity index (χ1n) is 5.63. The zero-order valence-corrected chi connectivity index (χ0v) is 12.3. The number of para-hydroxylation sites is 1. The van der Waals surface area contributed by atoms with Crippen LogP contribution in [0, 0.1) is 3.57 Å². The van der Waals surface area contributed by atoms with E-state index in [-0.39, 0.29) is 0 Å². The van der Waals surface area contributed by atoms with E-state index < -0.39 is 5.91 Å². The van der Waals surface area contributed by atoms with Crippen LogP contribution in [-0.4, -0.2) is 5.91 Å². The molecule has 0 saturated heterocycles. The highest BCUT2D eigenvalue weighted by Crippen LogP contribution is 2.27. The normalized spacial score (nSPS) is 10.2. The summed E-state index contributed by atoms with van der Waals surface area (Å²) in [6, 6.07) is 12.9. The Bertz CT molecular complexity index is 597. The molecule has 0 heterocycles. The summed E-state index contributed by atoms with van der Waals surface area (Å²) in [6.07, 6.45) is 0. The van der Waals surface area contributed by atoms with Crippen molar-refractivity contribution in [3.8, 4) is 5.75 Å². The molecule has 0 aromatic heterocycles. The van der Waals surface area contributed by atoms with Gasteiger partial charge in [-0.05, 0) is 52.4 Å². The highest BCUT2D eigenvalue weighted by molar-refractivity contribution is 14.1. The minimum absolute atomic E-state index is 0.297. The van der Waals surface area contributed by atoms with Gasteiger partial charge in [0.25, 0.3) is 5.91 Å². The van der Waals surface area contributed by atoms with Crippen LogP contribution in [0.5, 0.6) is 5.75 Å². The molecule has 4 nitrogen and oxygen atoms in total. The van der Waals surface area contributed by atoms with Crippen molar-refractivity contribution in [1.29, 1.82) is 0 Å². The molecule has 0 unspecified atom stereocenters. The van der Waals surface area contributed by atoms with E-state index in [1.807, 2.05) is 24.3 Å². The SMILES string of the molecule is NC(=O)c1cccc(N)c1OCc1ccc(I)cc1. The molecule has 19 heavy (non-hydrogen) atoms. The van der Waals surface area contributed by atoms with E-state index in [1.54, 1.807) is 18.2 Å². The number of halogens is 1. The van der Waals surface area contributed by atoms with Gasteiger partial charge in [-0.2, -0.15) is 0 Å². The standard InChI is InChI=1S/C14H13IN2O2/c15-10-6-4-9(5-7-10)8-19-13-11(14(17)18)2-1-3-12(13)16/h1-7H,8,16H2,(H2,17,18). The van der Waals surface area contributed by atoms with Gasteiger partial charge in [0.05, 0.1) is 11.3 Å². The van der Waals surface area contributed by atoms with Crippen molar-refractivity contribution >= 4 is 34.2 Å². The molecule has 0 aliphatic rings. The summed E-state index contributed by atoms with van der Waals surface area (Å²) in [4.78, 5) is 11.3. The molecule has 5 heteroatoms. The van der Waals surface area contributed by atoms with Gasteiger partial charge < -0.3 is 16.2 Å². The van der Waals surface area contributed by atoms with Gasteiger partial charge in [-0.25, -0.2) is 0 Å². The lowest BCUT2D eigenvalue weighted by molar-refractivity contribution is 0.0996. The summed E-state index contributed by atoms with van der Waals surface area (Å²) >= 11 is 2.23. The quantitative estimate of drug-likeness (QED) is 0.643. The van der Waals surface area contributed by atoms with Crippen LogP contribution in [-0.2, 0) is 6.61 Å². The molecule has 0 radical (unpaired) electrons. The number of hydrogen-bond donors (Lipinski definition) is 2. The molecular weight excluding hydrogens is 355 g/mol. The summed E-state index contributed by atoms with van der Waals surface area (Å²) in [6.45, 7) is 0.339. The second-order valence-electron chi connectivity index (χ2n) is 4.00. The molecule has 0 atom stereocenters. The Hall–Kier alpha value is -1.76. The molecule has 2 aromatic carbocycles. The van der Waals surface area contributed by atoms with Gasteiger partial charge in [-0.15, -0.1) is 0 Å². The zero-order chi connectivity index (χ0) is 13.8. The average molecular weight is 368 g/mol. The second-order valence-corrected chi connectivity index (χ2v) is 5.25. The number of rotatable bonds is 4. The molecule has 0 aliphatic heterocycles. The fourth-order valence-electron chi connectivity index (χ4n) is 1.65. The van der Waals surface area contributed by atoms with E-state index in [9.17, 15) is 4.79 Å². The van der Waals surface area contributed by atoms with Crippen molar-refractivity contribution in [2.24, 2.45) is 5.73 Å². The average Bonchev–Trinajstić information content (AvgIpc) is 2.39. The topological polar surface area (TPSA) is 78.3 Å². The van der Waals surface area contributed by atoms with Gasteiger partial charge in [-0.3, -0.25) is 4.79 Å². The number of anilines is 1. The Kier molecular flexibility index (Phi) is 4.26. The van der Waals surface area contributed by atoms with Crippen LogP contribution in [0.3, 0.4) is 0 Å². The maximum atomic E-state index is 11.3. The highest BCUT2D eigenvalue weighted by atomic mass is 127. The molecule has 0 bridgehead atoms. The molecule has 0 fully saturated rings. The van der Waals surface area contributed by atoms with Gasteiger partial charge in [0.15, 0.2) is 5.75 Å². The van der Waals surface area contributed by atoms with Crippen molar-refractivity contribution in [2.75, 3.05) is 5.73 Å². The van der Waals surface area contributed by atoms with Crippen molar-refractivity contribution in [1.82, 2.24) is 0 Å². The molecule has 0 spiro atoms. The van der Waals surface area contributed by atoms with E-state index in [2.05, 4.69) is 22.6 Å². The number of amides is 1. The first-order chi connectivity index (χ1) is 9.08. The van der Waals surface area contributed by atoms with E-state index in [4.69, 9.17) is 16.2 Å². The molecule has 0 saturated carbocycles. The van der Waals surface area contributed by atoms with Crippen LogP contribution in [0.25, 0.3) is 0 Å². The molecule has 4 N–H and O–H groups in total. The number of nitrogens with two attached hydrogens (primary N) is 2. The number of carbonyl (C=O) groups excluding carboxylic acids is 1. The van der Waals surface area contributed by atoms with E-state index >= 15 is 0 Å². The Balaban J connectivity index is 2.19.